The number of carbonyl (C=O) groups is 1. The van der Waals surface area contributed by atoms with E-state index in [1.54, 1.807) is 6.07 Å². The average molecular weight is 345 g/mol. The van der Waals surface area contributed by atoms with Gasteiger partial charge in [-0.05, 0) is 36.2 Å². The summed E-state index contributed by atoms with van der Waals surface area (Å²) in [6, 6.07) is 9.71. The van der Waals surface area contributed by atoms with Gasteiger partial charge in [0.05, 0.1) is 23.4 Å². The number of anilines is 1. The van der Waals surface area contributed by atoms with Crippen molar-refractivity contribution in [1.29, 1.82) is 0 Å². The summed E-state index contributed by atoms with van der Waals surface area (Å²) < 4.78 is 39.4. The summed E-state index contributed by atoms with van der Waals surface area (Å²) in [7, 11) is 0. The molecular weight excluding hydrogens is 331 g/mol. The minimum atomic E-state index is -1.55. The van der Waals surface area contributed by atoms with E-state index in [0.717, 1.165) is 23.0 Å². The van der Waals surface area contributed by atoms with Crippen LogP contribution in [0, 0.1) is 17.5 Å². The number of halogens is 3. The number of carbonyl (C=O) groups excluding carboxylic acids is 1. The molecule has 0 aliphatic rings. The third-order valence-corrected chi connectivity index (χ3v) is 3.69. The summed E-state index contributed by atoms with van der Waals surface area (Å²) in [6.45, 7) is 0. The van der Waals surface area contributed by atoms with Crippen LogP contribution in [0.4, 0.5) is 18.9 Å². The van der Waals surface area contributed by atoms with Crippen molar-refractivity contribution in [2.45, 2.75) is 12.5 Å². The van der Waals surface area contributed by atoms with Crippen molar-refractivity contribution < 1.29 is 18.0 Å². The van der Waals surface area contributed by atoms with Gasteiger partial charge in [0, 0.05) is 5.39 Å². The van der Waals surface area contributed by atoms with Crippen molar-refractivity contribution in [2.75, 3.05) is 5.32 Å². The van der Waals surface area contributed by atoms with E-state index in [-0.39, 0.29) is 12.0 Å². The Kier molecular flexibility index (Phi) is 4.67. The van der Waals surface area contributed by atoms with Crippen LogP contribution in [-0.4, -0.2) is 16.9 Å². The zero-order valence-corrected chi connectivity index (χ0v) is 13.0. The van der Waals surface area contributed by atoms with Gasteiger partial charge < -0.3 is 11.1 Å². The maximum Gasteiger partial charge on any atom is 0.241 e. The van der Waals surface area contributed by atoms with Crippen molar-refractivity contribution >= 4 is 22.5 Å². The lowest BCUT2D eigenvalue weighted by Crippen LogP contribution is -2.37. The van der Waals surface area contributed by atoms with Crippen LogP contribution < -0.4 is 11.1 Å². The summed E-state index contributed by atoms with van der Waals surface area (Å²) in [6.07, 6.45) is 1.35. The first-order chi connectivity index (χ1) is 11.9. The largest absolute Gasteiger partial charge is 0.323 e. The molecule has 7 heteroatoms. The summed E-state index contributed by atoms with van der Waals surface area (Å²) in [5, 5.41) is 3.45. The highest BCUT2D eigenvalue weighted by Crippen LogP contribution is 2.17. The lowest BCUT2D eigenvalue weighted by Gasteiger charge is -2.13. The molecule has 0 aliphatic heterocycles. The zero-order chi connectivity index (χ0) is 18.0. The number of para-hydroxylation sites is 1. The highest BCUT2D eigenvalue weighted by molar-refractivity contribution is 5.96. The average Bonchev–Trinajstić information content (AvgIpc) is 2.59. The molecule has 1 unspecified atom stereocenters. The molecule has 1 aromatic heterocycles. The summed E-state index contributed by atoms with van der Waals surface area (Å²) in [5.41, 5.74) is 7.10. The molecule has 0 saturated carbocycles. The minimum Gasteiger partial charge on any atom is -0.323 e. The molecule has 0 fully saturated rings. The molecule has 2 aromatic carbocycles. The first-order valence-electron chi connectivity index (χ1n) is 7.48. The first-order valence-corrected chi connectivity index (χ1v) is 7.48. The van der Waals surface area contributed by atoms with Crippen LogP contribution in [-0.2, 0) is 11.2 Å². The fraction of sp³-hybridized carbons (Fsp3) is 0.111. The topological polar surface area (TPSA) is 68.0 Å². The summed E-state index contributed by atoms with van der Waals surface area (Å²) in [4.78, 5) is 16.4. The Bertz CT molecular complexity index is 923. The van der Waals surface area contributed by atoms with Crippen LogP contribution in [0.15, 0.2) is 48.7 Å². The van der Waals surface area contributed by atoms with Gasteiger partial charge in [-0.2, -0.15) is 0 Å². The van der Waals surface area contributed by atoms with Gasteiger partial charge in [-0.1, -0.05) is 18.2 Å². The molecule has 0 radical (unpaired) electrons. The number of benzene rings is 2. The van der Waals surface area contributed by atoms with Crippen molar-refractivity contribution in [3.05, 3.63) is 71.7 Å². The number of nitrogens with two attached hydrogens (primary N) is 1. The molecule has 25 heavy (non-hydrogen) atoms. The second kappa shape index (κ2) is 6.90. The summed E-state index contributed by atoms with van der Waals surface area (Å²) >= 11 is 0. The van der Waals surface area contributed by atoms with E-state index in [1.165, 1.54) is 6.20 Å². The minimum absolute atomic E-state index is 0.0932. The Morgan fingerprint density at radius 2 is 1.80 bits per heavy atom. The number of fused-ring (bicyclic) bond motifs is 1. The lowest BCUT2D eigenvalue weighted by molar-refractivity contribution is -0.117. The van der Waals surface area contributed by atoms with Crippen LogP contribution in [0.3, 0.4) is 0 Å². The fourth-order valence-corrected chi connectivity index (χ4v) is 2.45. The number of nitrogens with one attached hydrogen (secondary N) is 1. The number of hydrogen-bond donors (Lipinski definition) is 2. The lowest BCUT2D eigenvalue weighted by atomic mass is 10.1. The molecule has 3 rings (SSSR count). The molecule has 0 spiro atoms. The molecule has 0 aliphatic carbocycles. The van der Waals surface area contributed by atoms with Crippen molar-refractivity contribution in [1.82, 2.24) is 4.98 Å². The van der Waals surface area contributed by atoms with E-state index in [4.69, 9.17) is 5.73 Å². The van der Waals surface area contributed by atoms with Crippen LogP contribution in [0.5, 0.6) is 0 Å². The number of nitrogens with zero attached hydrogens (tertiary/aromatic N) is 1. The Balaban J connectivity index is 1.71. The normalized spacial score (nSPS) is 12.2. The maximum atomic E-state index is 13.2. The molecule has 3 N–H and O–H groups in total. The molecule has 128 valence electrons. The van der Waals surface area contributed by atoms with Crippen molar-refractivity contribution in [3.63, 3.8) is 0 Å². The van der Waals surface area contributed by atoms with Crippen LogP contribution in [0.1, 0.15) is 5.56 Å². The van der Waals surface area contributed by atoms with Gasteiger partial charge in [-0.3, -0.25) is 9.78 Å². The molecule has 3 aromatic rings. The van der Waals surface area contributed by atoms with E-state index in [9.17, 15) is 18.0 Å². The highest BCUT2D eigenvalue weighted by Gasteiger charge is 2.17. The van der Waals surface area contributed by atoms with E-state index >= 15 is 0 Å². The van der Waals surface area contributed by atoms with Crippen LogP contribution in [0.2, 0.25) is 0 Å². The van der Waals surface area contributed by atoms with Crippen molar-refractivity contribution in [3.8, 4) is 0 Å². The van der Waals surface area contributed by atoms with Gasteiger partial charge in [0.25, 0.3) is 0 Å². The number of rotatable bonds is 4. The molecule has 1 atom stereocenters. The van der Waals surface area contributed by atoms with E-state index in [0.29, 0.717) is 5.69 Å². The van der Waals surface area contributed by atoms with Gasteiger partial charge in [0.2, 0.25) is 5.91 Å². The Hall–Kier alpha value is -2.93. The standard InChI is InChI=1S/C18H14F3N3O/c19-13-5-10(6-14(20)17(13)21)7-15(22)18(25)24-12-8-11-3-1-2-4-16(11)23-9-12/h1-6,8-9,15H,7,22H2,(H,24,25). The predicted molar refractivity (Wildman–Crippen MR) is 88.4 cm³/mol. The fourth-order valence-electron chi connectivity index (χ4n) is 2.45. The predicted octanol–water partition coefficient (Wildman–Crippen LogP) is 3.16. The second-order valence-corrected chi connectivity index (χ2v) is 5.59. The van der Waals surface area contributed by atoms with Gasteiger partial charge in [0.15, 0.2) is 17.5 Å². The molecule has 1 heterocycles. The number of aromatic nitrogens is 1. The van der Waals surface area contributed by atoms with Gasteiger partial charge in [-0.25, -0.2) is 13.2 Å². The molecule has 1 amide bonds. The highest BCUT2D eigenvalue weighted by atomic mass is 19.2. The Labute approximate surface area is 141 Å². The van der Waals surface area contributed by atoms with Gasteiger partial charge in [0.1, 0.15) is 0 Å². The van der Waals surface area contributed by atoms with Crippen molar-refractivity contribution in [2.24, 2.45) is 5.73 Å². The monoisotopic (exact) mass is 345 g/mol. The molecular formula is C18H14F3N3O. The number of hydrogen-bond acceptors (Lipinski definition) is 3. The van der Waals surface area contributed by atoms with Crippen LogP contribution >= 0.6 is 0 Å². The maximum absolute atomic E-state index is 13.2. The smallest absolute Gasteiger partial charge is 0.241 e. The van der Waals surface area contributed by atoms with Gasteiger partial charge >= 0.3 is 0 Å². The molecule has 4 nitrogen and oxygen atoms in total. The number of pyridine rings is 1. The van der Waals surface area contributed by atoms with Gasteiger partial charge in [-0.15, -0.1) is 0 Å². The van der Waals surface area contributed by atoms with E-state index < -0.39 is 29.4 Å². The second-order valence-electron chi connectivity index (χ2n) is 5.59. The Morgan fingerprint density at radius 1 is 1.12 bits per heavy atom. The third-order valence-electron chi connectivity index (χ3n) is 3.69. The third kappa shape index (κ3) is 3.77. The van der Waals surface area contributed by atoms with E-state index in [1.807, 2.05) is 24.3 Å². The quantitative estimate of drug-likeness (QED) is 0.714. The Morgan fingerprint density at radius 3 is 2.52 bits per heavy atom. The molecule has 0 saturated heterocycles. The number of amides is 1. The van der Waals surface area contributed by atoms with E-state index in [2.05, 4.69) is 10.3 Å². The zero-order valence-electron chi connectivity index (χ0n) is 13.0. The molecule has 0 bridgehead atoms. The first kappa shape index (κ1) is 16.9. The summed E-state index contributed by atoms with van der Waals surface area (Å²) in [5.74, 6) is -4.73. The van der Waals surface area contributed by atoms with Crippen LogP contribution in [0.25, 0.3) is 10.9 Å². The SMILES string of the molecule is NC(Cc1cc(F)c(F)c(F)c1)C(=O)Nc1cnc2ccccc2c1.